The second kappa shape index (κ2) is 9.65. The van der Waals surface area contributed by atoms with Crippen LogP contribution in [-0.4, -0.2) is 5.78 Å². The summed E-state index contributed by atoms with van der Waals surface area (Å²) in [5.41, 5.74) is 9.42. The van der Waals surface area contributed by atoms with E-state index in [1.807, 2.05) is 24.6 Å². The van der Waals surface area contributed by atoms with Gasteiger partial charge in [-0.05, 0) is 68.5 Å². The van der Waals surface area contributed by atoms with Gasteiger partial charge in [-0.2, -0.15) is 0 Å². The third kappa shape index (κ3) is 5.50. The number of rotatable bonds is 2. The topological polar surface area (TPSA) is 34.1 Å². The fourth-order valence-corrected chi connectivity index (χ4v) is 8.65. The van der Waals surface area contributed by atoms with Gasteiger partial charge in [0.15, 0.2) is 0 Å². The van der Waals surface area contributed by atoms with E-state index in [2.05, 4.69) is 83.1 Å². The fraction of sp³-hybridized carbons (Fsp3) is 0.641. The van der Waals surface area contributed by atoms with Crippen LogP contribution in [0.2, 0.25) is 0 Å². The second-order valence-electron chi connectivity index (χ2n) is 17.9. The van der Waals surface area contributed by atoms with E-state index in [1.54, 1.807) is 5.57 Å². The van der Waals surface area contributed by atoms with Crippen LogP contribution < -0.4 is 5.43 Å². The highest BCUT2D eigenvalue weighted by atomic mass is 16.1. The maximum atomic E-state index is 13.4. The quantitative estimate of drug-likeness (QED) is 0.341. The lowest BCUT2D eigenvalue weighted by atomic mass is 9.52. The molecule has 4 saturated carbocycles. The van der Waals surface area contributed by atoms with Crippen molar-refractivity contribution in [3.8, 4) is 0 Å². The SMILES string of the molecule is CC(C)(C)C1=CC(=O)[CH+]C(C(C)(C)C)=C1C(=C1C2CC3CC(C2)CC1C3)[c-]1c(C(C)(C)C)cc(=O)cc1C(C)(C)C. The first-order chi connectivity index (χ1) is 18.7. The van der Waals surface area contributed by atoms with E-state index in [0.717, 1.165) is 34.1 Å². The lowest BCUT2D eigenvalue weighted by molar-refractivity contribution is -0.111. The molecule has 0 N–H and O–H groups in total. The molecule has 0 aromatic heterocycles. The van der Waals surface area contributed by atoms with E-state index >= 15 is 0 Å². The van der Waals surface area contributed by atoms with Gasteiger partial charge in [0.1, 0.15) is 5.43 Å². The fourth-order valence-electron chi connectivity index (χ4n) is 8.65. The molecule has 6 rings (SSSR count). The van der Waals surface area contributed by atoms with E-state index < -0.39 is 0 Å². The van der Waals surface area contributed by atoms with Crippen LogP contribution >= 0.6 is 0 Å². The zero-order valence-corrected chi connectivity index (χ0v) is 28.0. The monoisotopic (exact) mass is 554 g/mol. The number of carbonyl (C=O) groups excluding carboxylic acids is 1. The number of hydrogen-bond acceptors (Lipinski definition) is 2. The van der Waals surface area contributed by atoms with Crippen molar-refractivity contribution in [1.29, 1.82) is 0 Å². The maximum Gasteiger partial charge on any atom is 0.281 e. The minimum absolute atomic E-state index is 0.0972. The molecule has 222 valence electrons. The van der Waals surface area contributed by atoms with Gasteiger partial charge in [0, 0.05) is 0 Å². The van der Waals surface area contributed by atoms with Crippen LogP contribution in [0, 0.1) is 40.9 Å². The molecule has 1 aromatic rings. The molecule has 2 nitrogen and oxygen atoms in total. The van der Waals surface area contributed by atoms with Gasteiger partial charge in [-0.1, -0.05) is 138 Å². The molecular formula is C39H54O2. The van der Waals surface area contributed by atoms with E-state index in [-0.39, 0.29) is 32.9 Å². The summed E-state index contributed by atoms with van der Waals surface area (Å²) >= 11 is 0. The summed E-state index contributed by atoms with van der Waals surface area (Å²) in [5.74, 6) is 2.97. The predicted octanol–water partition coefficient (Wildman–Crippen LogP) is 9.67. The molecule has 5 aliphatic rings. The number of ketones is 1. The highest BCUT2D eigenvalue weighted by Gasteiger charge is 2.46. The number of benzene rings is 1. The Bertz CT molecular complexity index is 1340. The van der Waals surface area contributed by atoms with Crippen LogP contribution in [0.5, 0.6) is 0 Å². The van der Waals surface area contributed by atoms with Crippen molar-refractivity contribution in [3.63, 3.8) is 0 Å². The lowest BCUT2D eigenvalue weighted by Gasteiger charge is -2.55. The van der Waals surface area contributed by atoms with Crippen LogP contribution in [0.15, 0.2) is 45.3 Å². The van der Waals surface area contributed by atoms with E-state index in [9.17, 15) is 9.59 Å². The molecule has 0 saturated heterocycles. The molecule has 1 aromatic carbocycles. The van der Waals surface area contributed by atoms with Crippen LogP contribution in [0.1, 0.15) is 132 Å². The first-order valence-corrected chi connectivity index (χ1v) is 16.1. The summed E-state index contributed by atoms with van der Waals surface area (Å²) < 4.78 is 0. The zero-order chi connectivity index (χ0) is 30.4. The predicted molar refractivity (Wildman–Crippen MR) is 173 cm³/mol. The summed E-state index contributed by atoms with van der Waals surface area (Å²) in [6, 6.07) is 3.85. The molecular weight excluding hydrogens is 500 g/mol. The van der Waals surface area contributed by atoms with Crippen molar-refractivity contribution in [2.24, 2.45) is 34.5 Å². The Balaban J connectivity index is 2.02. The summed E-state index contributed by atoms with van der Waals surface area (Å²) in [5, 5.41) is 0. The Morgan fingerprint density at radius 3 is 1.54 bits per heavy atom. The summed E-state index contributed by atoms with van der Waals surface area (Å²) in [7, 11) is 0. The van der Waals surface area contributed by atoms with Crippen molar-refractivity contribution < 1.29 is 4.79 Å². The smallest absolute Gasteiger partial charge is 0.281 e. The summed E-state index contributed by atoms with van der Waals surface area (Å²) in [6.45, 7) is 27.1. The van der Waals surface area contributed by atoms with Gasteiger partial charge in [-0.25, -0.2) is 0 Å². The van der Waals surface area contributed by atoms with Gasteiger partial charge in [0.25, 0.3) is 5.78 Å². The minimum Gasteiger partial charge on any atom is -0.308 e. The number of carbonyl (C=O) groups is 1. The van der Waals surface area contributed by atoms with Gasteiger partial charge in [-0.3, -0.25) is 4.79 Å². The Morgan fingerprint density at radius 2 is 1.15 bits per heavy atom. The molecule has 4 bridgehead atoms. The lowest BCUT2D eigenvalue weighted by Crippen LogP contribution is -2.41. The first-order valence-electron chi connectivity index (χ1n) is 16.1. The van der Waals surface area contributed by atoms with Gasteiger partial charge >= 0.3 is 0 Å². The normalized spacial score (nSPS) is 26.9. The largest absolute Gasteiger partial charge is 0.308 e. The third-order valence-corrected chi connectivity index (χ3v) is 10.3. The molecule has 0 amide bonds. The molecule has 0 unspecified atom stereocenters. The molecule has 0 heterocycles. The average molecular weight is 555 g/mol. The molecule has 0 spiro atoms. The standard InChI is InChI=1S/C39H54O2/c1-36(2,3)28-18-26(40)19-29(37(4,5)6)33(28)35(32-24-14-22-13-23(16-24)17-25(32)15-22)34-30(38(7,8)9)20-27(41)21-31(34)39(10,11)12/h18-25H,13-17H2,1-12H3. The highest BCUT2D eigenvalue weighted by Crippen LogP contribution is 2.61. The maximum absolute atomic E-state index is 13.4. The highest BCUT2D eigenvalue weighted by molar-refractivity contribution is 6.07. The van der Waals surface area contributed by atoms with Crippen molar-refractivity contribution in [2.75, 3.05) is 0 Å². The second-order valence-corrected chi connectivity index (χ2v) is 17.9. The molecule has 41 heavy (non-hydrogen) atoms. The Labute approximate surface area is 250 Å². The van der Waals surface area contributed by atoms with E-state index in [0.29, 0.717) is 11.8 Å². The molecule has 0 aliphatic heterocycles. The summed E-state index contributed by atoms with van der Waals surface area (Å²) in [6.07, 6.45) is 10.4. The Hall–Kier alpha value is -2.22. The first kappa shape index (κ1) is 30.2. The van der Waals surface area contributed by atoms with Gasteiger partial charge < -0.3 is 4.79 Å². The molecule has 0 radical (unpaired) electrons. The molecule has 2 heteroatoms. The van der Waals surface area contributed by atoms with E-state index in [1.165, 1.54) is 48.8 Å². The van der Waals surface area contributed by atoms with Crippen molar-refractivity contribution in [3.05, 3.63) is 73.8 Å². The minimum atomic E-state index is -0.213. The van der Waals surface area contributed by atoms with Gasteiger partial charge in [-0.15, -0.1) is 11.1 Å². The molecule has 5 aliphatic carbocycles. The van der Waals surface area contributed by atoms with Gasteiger partial charge in [0.2, 0.25) is 0 Å². The molecule has 4 fully saturated rings. The Morgan fingerprint density at radius 1 is 0.683 bits per heavy atom. The van der Waals surface area contributed by atoms with Crippen LogP contribution in [0.3, 0.4) is 0 Å². The van der Waals surface area contributed by atoms with Crippen molar-refractivity contribution >= 4 is 11.4 Å². The summed E-state index contributed by atoms with van der Waals surface area (Å²) in [4.78, 5) is 26.8. The number of allylic oxidation sites excluding steroid dienone is 6. The van der Waals surface area contributed by atoms with Crippen molar-refractivity contribution in [1.82, 2.24) is 0 Å². The van der Waals surface area contributed by atoms with Crippen LogP contribution in [0.25, 0.3) is 5.57 Å². The Kier molecular flexibility index (Phi) is 7.12. The van der Waals surface area contributed by atoms with Crippen molar-refractivity contribution in [2.45, 2.75) is 126 Å². The molecule has 0 atom stereocenters. The van der Waals surface area contributed by atoms with E-state index in [4.69, 9.17) is 0 Å². The average Bonchev–Trinajstić information content (AvgIpc) is 2.78. The van der Waals surface area contributed by atoms with Crippen LogP contribution in [-0.2, 0) is 15.6 Å². The van der Waals surface area contributed by atoms with Gasteiger partial charge in [0.05, 0.1) is 12.5 Å². The third-order valence-electron chi connectivity index (χ3n) is 10.3. The number of hydrogen-bond donors (Lipinski definition) is 0. The zero-order valence-electron chi connectivity index (χ0n) is 28.0. The van der Waals surface area contributed by atoms with Crippen LogP contribution in [0.4, 0.5) is 0 Å².